The number of carbonyl (C=O) groups is 2. The number of ether oxygens (including phenoxy) is 1. The van der Waals surface area contributed by atoms with Gasteiger partial charge >= 0.3 is 5.97 Å². The van der Waals surface area contributed by atoms with E-state index in [1.54, 1.807) is 24.3 Å². The van der Waals surface area contributed by atoms with Crippen LogP contribution in [0.5, 0.6) is 0 Å². The molecule has 9 heteroatoms. The van der Waals surface area contributed by atoms with Crippen LogP contribution in [0, 0.1) is 0 Å². The van der Waals surface area contributed by atoms with Crippen molar-refractivity contribution in [1.82, 2.24) is 15.0 Å². The summed E-state index contributed by atoms with van der Waals surface area (Å²) in [7, 11) is 0. The van der Waals surface area contributed by atoms with Crippen molar-refractivity contribution in [3.05, 3.63) is 35.2 Å². The summed E-state index contributed by atoms with van der Waals surface area (Å²) in [5, 5.41) is 13.5. The Morgan fingerprint density at radius 2 is 2.08 bits per heavy atom. The molecule has 8 nitrogen and oxygen atoms in total. The van der Waals surface area contributed by atoms with Crippen molar-refractivity contribution in [3.63, 3.8) is 0 Å². The Morgan fingerprint density at radius 1 is 1.32 bits per heavy atom. The number of aliphatic carboxylic acids is 1. The molecule has 2 heterocycles. The SMILES string of the molecule is O=C(O)C1CN(C(=O)CCc2nc(-c3ccc(Cl)cc3)no2)CCO1. The van der Waals surface area contributed by atoms with Gasteiger partial charge in [0, 0.05) is 30.0 Å². The number of hydrogen-bond acceptors (Lipinski definition) is 6. The molecule has 3 rings (SSSR count). The number of carbonyl (C=O) groups excluding carboxylic acids is 1. The van der Waals surface area contributed by atoms with E-state index >= 15 is 0 Å². The van der Waals surface area contributed by atoms with E-state index < -0.39 is 12.1 Å². The highest BCUT2D eigenvalue weighted by Crippen LogP contribution is 2.19. The number of halogens is 1. The summed E-state index contributed by atoms with van der Waals surface area (Å²) < 4.78 is 10.3. The molecule has 1 saturated heterocycles. The molecule has 0 bridgehead atoms. The lowest BCUT2D eigenvalue weighted by atomic mass is 10.2. The Bertz CT molecular complexity index is 761. The minimum Gasteiger partial charge on any atom is -0.479 e. The normalized spacial score (nSPS) is 17.5. The molecule has 1 atom stereocenters. The van der Waals surface area contributed by atoms with Gasteiger partial charge in [-0.15, -0.1) is 0 Å². The van der Waals surface area contributed by atoms with E-state index in [0.717, 1.165) is 5.56 Å². The van der Waals surface area contributed by atoms with E-state index in [1.807, 2.05) is 0 Å². The molecule has 1 amide bonds. The van der Waals surface area contributed by atoms with Crippen LogP contribution < -0.4 is 0 Å². The molecule has 1 N–H and O–H groups in total. The second-order valence-corrected chi connectivity index (χ2v) is 5.99. The topological polar surface area (TPSA) is 106 Å². The zero-order chi connectivity index (χ0) is 17.8. The van der Waals surface area contributed by atoms with Crippen LogP contribution in [-0.4, -0.2) is 57.8 Å². The van der Waals surface area contributed by atoms with Crippen LogP contribution in [0.15, 0.2) is 28.8 Å². The molecule has 132 valence electrons. The highest BCUT2D eigenvalue weighted by atomic mass is 35.5. The van der Waals surface area contributed by atoms with Crippen LogP contribution in [0.1, 0.15) is 12.3 Å². The first-order chi connectivity index (χ1) is 12.0. The molecule has 0 saturated carbocycles. The van der Waals surface area contributed by atoms with Crippen molar-refractivity contribution in [2.45, 2.75) is 18.9 Å². The predicted molar refractivity (Wildman–Crippen MR) is 87.0 cm³/mol. The van der Waals surface area contributed by atoms with Gasteiger partial charge in [-0.25, -0.2) is 4.79 Å². The number of amides is 1. The van der Waals surface area contributed by atoms with Crippen molar-refractivity contribution in [1.29, 1.82) is 0 Å². The zero-order valence-electron chi connectivity index (χ0n) is 13.2. The van der Waals surface area contributed by atoms with Gasteiger partial charge in [-0.3, -0.25) is 4.79 Å². The Hall–Kier alpha value is -2.45. The largest absolute Gasteiger partial charge is 0.479 e. The first-order valence-electron chi connectivity index (χ1n) is 7.73. The zero-order valence-corrected chi connectivity index (χ0v) is 14.0. The Morgan fingerprint density at radius 3 is 2.80 bits per heavy atom. The maximum absolute atomic E-state index is 12.2. The lowest BCUT2D eigenvalue weighted by Gasteiger charge is -2.30. The summed E-state index contributed by atoms with van der Waals surface area (Å²) in [6.07, 6.45) is -0.527. The van der Waals surface area contributed by atoms with Crippen LogP contribution in [0.4, 0.5) is 0 Å². The van der Waals surface area contributed by atoms with Crippen molar-refractivity contribution >= 4 is 23.5 Å². The molecule has 0 aliphatic carbocycles. The van der Waals surface area contributed by atoms with Crippen LogP contribution >= 0.6 is 11.6 Å². The number of hydrogen-bond donors (Lipinski definition) is 1. The fourth-order valence-corrected chi connectivity index (χ4v) is 2.60. The van der Waals surface area contributed by atoms with Crippen LogP contribution in [0.3, 0.4) is 0 Å². The first kappa shape index (κ1) is 17.4. The molecule has 1 aliphatic rings. The average Bonchev–Trinajstić information content (AvgIpc) is 3.09. The fourth-order valence-electron chi connectivity index (χ4n) is 2.47. The van der Waals surface area contributed by atoms with E-state index in [-0.39, 0.29) is 31.9 Å². The number of aromatic nitrogens is 2. The summed E-state index contributed by atoms with van der Waals surface area (Å²) in [6.45, 7) is 0.639. The predicted octanol–water partition coefficient (Wildman–Crippen LogP) is 1.63. The fraction of sp³-hybridized carbons (Fsp3) is 0.375. The molecule has 25 heavy (non-hydrogen) atoms. The van der Waals surface area contributed by atoms with E-state index in [0.29, 0.717) is 23.3 Å². The van der Waals surface area contributed by atoms with Crippen LogP contribution in [-0.2, 0) is 20.7 Å². The third kappa shape index (κ3) is 4.34. The van der Waals surface area contributed by atoms with Gasteiger partial charge < -0.3 is 19.3 Å². The summed E-state index contributed by atoms with van der Waals surface area (Å²) in [5.41, 5.74) is 0.767. The molecule has 1 unspecified atom stereocenters. The number of benzene rings is 1. The monoisotopic (exact) mass is 365 g/mol. The summed E-state index contributed by atoms with van der Waals surface area (Å²) in [4.78, 5) is 28.9. The smallest absolute Gasteiger partial charge is 0.334 e. The Balaban J connectivity index is 1.56. The van der Waals surface area contributed by atoms with E-state index in [4.69, 9.17) is 26.0 Å². The number of nitrogens with zero attached hydrogens (tertiary/aromatic N) is 3. The second kappa shape index (κ2) is 7.62. The summed E-state index contributed by atoms with van der Waals surface area (Å²) in [6, 6.07) is 7.02. The molecular formula is C16H16ClN3O5. The number of rotatable bonds is 5. The molecule has 1 aromatic carbocycles. The molecule has 1 aliphatic heterocycles. The summed E-state index contributed by atoms with van der Waals surface area (Å²) >= 11 is 5.84. The maximum atomic E-state index is 12.2. The van der Waals surface area contributed by atoms with Crippen molar-refractivity contribution < 1.29 is 24.0 Å². The molecule has 2 aromatic rings. The van der Waals surface area contributed by atoms with Gasteiger partial charge in [0.1, 0.15) is 0 Å². The summed E-state index contributed by atoms with van der Waals surface area (Å²) in [5.74, 6) is -0.458. The van der Waals surface area contributed by atoms with Gasteiger partial charge in [-0.05, 0) is 24.3 Å². The van der Waals surface area contributed by atoms with Crippen molar-refractivity contribution in [2.75, 3.05) is 19.7 Å². The lowest BCUT2D eigenvalue weighted by molar-refractivity contribution is -0.159. The molecular weight excluding hydrogens is 350 g/mol. The molecule has 1 aromatic heterocycles. The minimum atomic E-state index is -1.07. The van der Waals surface area contributed by atoms with Crippen LogP contribution in [0.25, 0.3) is 11.4 Å². The third-order valence-corrected chi connectivity index (χ3v) is 4.07. The van der Waals surface area contributed by atoms with Crippen molar-refractivity contribution in [3.8, 4) is 11.4 Å². The van der Waals surface area contributed by atoms with E-state index in [9.17, 15) is 9.59 Å². The van der Waals surface area contributed by atoms with Crippen molar-refractivity contribution in [2.24, 2.45) is 0 Å². The minimum absolute atomic E-state index is 0.0496. The number of morpholine rings is 1. The quantitative estimate of drug-likeness (QED) is 0.858. The van der Waals surface area contributed by atoms with E-state index in [1.165, 1.54) is 4.90 Å². The number of carboxylic acid groups (broad SMARTS) is 1. The van der Waals surface area contributed by atoms with Gasteiger partial charge in [0.25, 0.3) is 0 Å². The van der Waals surface area contributed by atoms with E-state index in [2.05, 4.69) is 10.1 Å². The number of aryl methyl sites for hydroxylation is 1. The van der Waals surface area contributed by atoms with Gasteiger partial charge in [0.2, 0.25) is 17.6 Å². The van der Waals surface area contributed by atoms with Gasteiger partial charge in [0.05, 0.1) is 13.2 Å². The number of carboxylic acids is 1. The average molecular weight is 366 g/mol. The van der Waals surface area contributed by atoms with Gasteiger partial charge in [-0.1, -0.05) is 16.8 Å². The second-order valence-electron chi connectivity index (χ2n) is 5.56. The third-order valence-electron chi connectivity index (χ3n) is 3.82. The van der Waals surface area contributed by atoms with Crippen LogP contribution in [0.2, 0.25) is 5.02 Å². The Labute approximate surface area is 148 Å². The van der Waals surface area contributed by atoms with Gasteiger partial charge in [-0.2, -0.15) is 4.98 Å². The standard InChI is InChI=1S/C16H16ClN3O5/c17-11-3-1-10(2-4-11)15-18-13(25-19-15)5-6-14(21)20-7-8-24-12(9-20)16(22)23/h1-4,12H,5-9H2,(H,22,23). The highest BCUT2D eigenvalue weighted by molar-refractivity contribution is 6.30. The molecule has 0 spiro atoms. The maximum Gasteiger partial charge on any atom is 0.334 e. The Kier molecular flexibility index (Phi) is 5.30. The lowest BCUT2D eigenvalue weighted by Crippen LogP contribution is -2.48. The molecule has 0 radical (unpaired) electrons. The first-order valence-corrected chi connectivity index (χ1v) is 8.11. The van der Waals surface area contributed by atoms with Gasteiger partial charge in [0.15, 0.2) is 6.10 Å². The highest BCUT2D eigenvalue weighted by Gasteiger charge is 2.28. The molecule has 1 fully saturated rings.